The fourth-order valence-corrected chi connectivity index (χ4v) is 7.44. The summed E-state index contributed by atoms with van der Waals surface area (Å²) in [5.41, 5.74) is 0.919. The molecule has 3 aromatic rings. The maximum atomic E-state index is 14.2. The summed E-state index contributed by atoms with van der Waals surface area (Å²) in [7, 11) is -4.00. The van der Waals surface area contributed by atoms with Crippen LogP contribution in [-0.4, -0.2) is 57.4 Å². The van der Waals surface area contributed by atoms with Crippen LogP contribution in [0, 0.1) is 11.6 Å². The minimum atomic E-state index is -4.00. The summed E-state index contributed by atoms with van der Waals surface area (Å²) >= 11 is 6.14. The molecule has 0 aliphatic carbocycles. The van der Waals surface area contributed by atoms with E-state index < -0.39 is 44.6 Å². The topological polar surface area (TPSA) is 82.1 Å². The predicted octanol–water partition coefficient (Wildman–Crippen LogP) is 5.16. The molecule has 0 radical (unpaired) electrons. The molecule has 40 heavy (non-hydrogen) atoms. The molecule has 2 aliphatic heterocycles. The number of hydrogen-bond acceptors (Lipinski definition) is 7. The Morgan fingerprint density at radius 2 is 1.48 bits per heavy atom. The summed E-state index contributed by atoms with van der Waals surface area (Å²) < 4.78 is 71.5. The van der Waals surface area contributed by atoms with Gasteiger partial charge in [0.2, 0.25) is 0 Å². The van der Waals surface area contributed by atoms with E-state index in [0.29, 0.717) is 24.3 Å². The van der Waals surface area contributed by atoms with Crippen molar-refractivity contribution in [3.63, 3.8) is 0 Å². The van der Waals surface area contributed by atoms with Crippen molar-refractivity contribution in [3.8, 4) is 0 Å². The smallest absolute Gasteiger partial charge is 0.303 e. The molecule has 2 atom stereocenters. The SMILES string of the molecule is CC(=O)OC1(C(c2cc(F)cc(F)c2)S(C)(=O)=O)CN(C(c2ccc(Cl)cc2)c2ccc(C3OCCO3)cc2)C1. The zero-order valence-corrected chi connectivity index (χ0v) is 23.4. The molecule has 11 heteroatoms. The number of benzene rings is 3. The van der Waals surface area contributed by atoms with Gasteiger partial charge in [-0.25, -0.2) is 17.2 Å². The first-order valence-corrected chi connectivity index (χ1v) is 15.0. The second-order valence-corrected chi connectivity index (χ2v) is 12.7. The Hall–Kier alpha value is -2.89. The monoisotopic (exact) mass is 591 g/mol. The fourth-order valence-electron chi connectivity index (χ4n) is 5.71. The number of ether oxygens (including phenoxy) is 3. The molecule has 0 aromatic heterocycles. The van der Waals surface area contributed by atoms with Gasteiger partial charge in [-0.05, 0) is 41.0 Å². The zero-order valence-electron chi connectivity index (χ0n) is 21.9. The van der Waals surface area contributed by atoms with Gasteiger partial charge in [-0.3, -0.25) is 9.69 Å². The first-order chi connectivity index (χ1) is 18.9. The van der Waals surface area contributed by atoms with E-state index in [4.69, 9.17) is 25.8 Å². The van der Waals surface area contributed by atoms with Gasteiger partial charge in [0.1, 0.15) is 16.9 Å². The van der Waals surface area contributed by atoms with Crippen molar-refractivity contribution in [2.24, 2.45) is 0 Å². The standard InChI is InChI=1S/C29H28ClF2NO6S/c1-18(34)39-29(27(40(2,35)36)22-13-24(31)15-25(32)14-22)16-33(17-29)26(20-7-9-23(30)10-8-20)19-3-5-21(6-4-19)28-37-11-12-38-28/h3-10,13-15,26-28H,11-12,16-17H2,1-2H3. The normalized spacial score (nSPS) is 19.1. The van der Waals surface area contributed by atoms with Crippen LogP contribution in [0.15, 0.2) is 66.7 Å². The Morgan fingerprint density at radius 1 is 0.950 bits per heavy atom. The molecule has 3 aromatic carbocycles. The van der Waals surface area contributed by atoms with Crippen molar-refractivity contribution >= 4 is 27.4 Å². The van der Waals surface area contributed by atoms with Crippen molar-refractivity contribution in [2.45, 2.75) is 30.1 Å². The van der Waals surface area contributed by atoms with Gasteiger partial charge < -0.3 is 14.2 Å². The van der Waals surface area contributed by atoms with Crippen molar-refractivity contribution in [1.29, 1.82) is 0 Å². The summed E-state index contributed by atoms with van der Waals surface area (Å²) in [6.07, 6.45) is 0.530. The van der Waals surface area contributed by atoms with Crippen LogP contribution < -0.4 is 0 Å². The fraction of sp³-hybridized carbons (Fsp3) is 0.345. The lowest BCUT2D eigenvalue weighted by Gasteiger charge is -2.54. The van der Waals surface area contributed by atoms with E-state index in [1.54, 1.807) is 12.1 Å². The van der Waals surface area contributed by atoms with Crippen LogP contribution in [-0.2, 0) is 28.8 Å². The van der Waals surface area contributed by atoms with Gasteiger partial charge in [0.25, 0.3) is 0 Å². The molecule has 0 spiro atoms. The maximum Gasteiger partial charge on any atom is 0.303 e. The lowest BCUT2D eigenvalue weighted by atomic mass is 9.82. The Kier molecular flexibility index (Phi) is 8.00. The third-order valence-corrected chi connectivity index (χ3v) is 8.89. The molecule has 212 valence electrons. The predicted molar refractivity (Wildman–Crippen MR) is 144 cm³/mol. The average Bonchev–Trinajstić information content (AvgIpc) is 3.38. The number of carbonyl (C=O) groups excluding carboxylic acids is 1. The van der Waals surface area contributed by atoms with E-state index in [1.807, 2.05) is 41.3 Å². The van der Waals surface area contributed by atoms with Crippen LogP contribution in [0.1, 0.15) is 46.8 Å². The van der Waals surface area contributed by atoms with Crippen LogP contribution >= 0.6 is 11.6 Å². The third-order valence-electron chi connectivity index (χ3n) is 7.08. The van der Waals surface area contributed by atoms with Gasteiger partial charge in [0.05, 0.1) is 19.3 Å². The van der Waals surface area contributed by atoms with Gasteiger partial charge in [0, 0.05) is 42.9 Å². The number of carbonyl (C=O) groups is 1. The minimum absolute atomic E-state index is 0.00760. The molecular weight excluding hydrogens is 564 g/mol. The highest BCUT2D eigenvalue weighted by atomic mass is 35.5. The number of hydrogen-bond donors (Lipinski definition) is 0. The molecule has 5 rings (SSSR count). The highest BCUT2D eigenvalue weighted by molar-refractivity contribution is 7.91. The Morgan fingerprint density at radius 3 is 1.98 bits per heavy atom. The minimum Gasteiger partial charge on any atom is -0.455 e. The number of nitrogens with zero attached hydrogens (tertiary/aromatic N) is 1. The lowest BCUT2D eigenvalue weighted by Crippen LogP contribution is -2.68. The van der Waals surface area contributed by atoms with Gasteiger partial charge in [-0.1, -0.05) is 48.0 Å². The molecule has 2 saturated heterocycles. The van der Waals surface area contributed by atoms with Crippen LogP contribution in [0.5, 0.6) is 0 Å². The first kappa shape index (κ1) is 28.6. The van der Waals surface area contributed by atoms with E-state index in [0.717, 1.165) is 35.1 Å². The largest absolute Gasteiger partial charge is 0.455 e. The number of halogens is 3. The molecule has 0 bridgehead atoms. The van der Waals surface area contributed by atoms with E-state index >= 15 is 0 Å². The molecule has 0 saturated carbocycles. The number of sulfone groups is 1. The molecular formula is C29H28ClF2NO6S. The summed E-state index contributed by atoms with van der Waals surface area (Å²) in [4.78, 5) is 14.2. The lowest BCUT2D eigenvalue weighted by molar-refractivity contribution is -0.182. The maximum absolute atomic E-state index is 14.2. The van der Waals surface area contributed by atoms with Gasteiger partial charge in [-0.15, -0.1) is 0 Å². The van der Waals surface area contributed by atoms with Gasteiger partial charge >= 0.3 is 5.97 Å². The number of esters is 1. The molecule has 2 fully saturated rings. The second kappa shape index (κ2) is 11.2. The molecule has 2 unspecified atom stereocenters. The van der Waals surface area contributed by atoms with Crippen LogP contribution in [0.25, 0.3) is 0 Å². The Labute approximate surface area is 236 Å². The van der Waals surface area contributed by atoms with Crippen LogP contribution in [0.2, 0.25) is 5.02 Å². The molecule has 7 nitrogen and oxygen atoms in total. The Bertz CT molecular complexity index is 1470. The zero-order chi connectivity index (χ0) is 28.7. The third kappa shape index (κ3) is 5.91. The summed E-state index contributed by atoms with van der Waals surface area (Å²) in [6.45, 7) is 2.20. The van der Waals surface area contributed by atoms with Crippen LogP contribution in [0.4, 0.5) is 8.78 Å². The summed E-state index contributed by atoms with van der Waals surface area (Å²) in [5.74, 6) is -2.55. The highest BCUT2D eigenvalue weighted by Gasteiger charge is 2.58. The van der Waals surface area contributed by atoms with Crippen molar-refractivity contribution in [2.75, 3.05) is 32.6 Å². The van der Waals surface area contributed by atoms with E-state index in [1.165, 1.54) is 6.92 Å². The van der Waals surface area contributed by atoms with Gasteiger partial charge in [0.15, 0.2) is 21.7 Å². The highest BCUT2D eigenvalue weighted by Crippen LogP contribution is 2.47. The molecule has 0 N–H and O–H groups in total. The van der Waals surface area contributed by atoms with Crippen molar-refractivity contribution < 1.29 is 36.2 Å². The van der Waals surface area contributed by atoms with E-state index in [9.17, 15) is 22.0 Å². The molecule has 2 aliphatic rings. The quantitative estimate of drug-likeness (QED) is 0.335. The van der Waals surface area contributed by atoms with Crippen molar-refractivity contribution in [1.82, 2.24) is 4.90 Å². The average molecular weight is 592 g/mol. The Balaban J connectivity index is 1.53. The van der Waals surface area contributed by atoms with Crippen LogP contribution in [0.3, 0.4) is 0 Å². The van der Waals surface area contributed by atoms with E-state index in [2.05, 4.69) is 0 Å². The second-order valence-electron chi connectivity index (χ2n) is 10.2. The van der Waals surface area contributed by atoms with E-state index in [-0.39, 0.29) is 24.7 Å². The number of likely N-dealkylation sites (tertiary alicyclic amines) is 1. The van der Waals surface area contributed by atoms with Crippen molar-refractivity contribution in [3.05, 3.63) is 106 Å². The molecule has 2 heterocycles. The number of rotatable bonds is 8. The first-order valence-electron chi connectivity index (χ1n) is 12.6. The van der Waals surface area contributed by atoms with Gasteiger partial charge in [-0.2, -0.15) is 0 Å². The summed E-state index contributed by atoms with van der Waals surface area (Å²) in [5, 5.41) is -0.938. The molecule has 0 amide bonds. The summed E-state index contributed by atoms with van der Waals surface area (Å²) in [6, 6.07) is 17.1.